The molecule has 1 aliphatic carbocycles. The molecule has 0 radical (unpaired) electrons. The van der Waals surface area contributed by atoms with Crippen molar-refractivity contribution in [3.05, 3.63) is 41.9 Å². The highest BCUT2D eigenvalue weighted by Gasteiger charge is 2.08. The number of hydrogen-bond donors (Lipinski definition) is 0. The van der Waals surface area contributed by atoms with Crippen molar-refractivity contribution in [2.45, 2.75) is 6.42 Å². The van der Waals surface area contributed by atoms with Gasteiger partial charge in [0.25, 0.3) is 0 Å². The number of pyridine rings is 2. The van der Waals surface area contributed by atoms with Crippen molar-refractivity contribution in [1.82, 2.24) is 9.97 Å². The Kier molecular flexibility index (Phi) is 1.25. The van der Waals surface area contributed by atoms with E-state index in [0.29, 0.717) is 0 Å². The predicted molar refractivity (Wildman–Crippen MR) is 52.3 cm³/mol. The Labute approximate surface area is 76.0 Å². The number of hydrogen-bond acceptors (Lipinski definition) is 2. The molecule has 0 spiro atoms. The maximum Gasteiger partial charge on any atom is 0.0741 e. The highest BCUT2D eigenvalue weighted by Crippen LogP contribution is 2.24. The summed E-state index contributed by atoms with van der Waals surface area (Å²) < 4.78 is 0. The molecular weight excluding hydrogens is 160 g/mol. The average molecular weight is 168 g/mol. The second kappa shape index (κ2) is 2.39. The Morgan fingerprint density at radius 1 is 1.08 bits per heavy atom. The summed E-state index contributed by atoms with van der Waals surface area (Å²) in [4.78, 5) is 8.66. The molecule has 0 unspecified atom stereocenters. The lowest BCUT2D eigenvalue weighted by Crippen LogP contribution is -1.96. The molecule has 0 bridgehead atoms. The lowest BCUT2D eigenvalue weighted by Gasteiger charge is -2.09. The topological polar surface area (TPSA) is 25.8 Å². The molecule has 2 heterocycles. The third kappa shape index (κ3) is 0.886. The normalized spacial score (nSPS) is 13.5. The monoisotopic (exact) mass is 168 g/mol. The van der Waals surface area contributed by atoms with Crippen LogP contribution in [0.2, 0.25) is 0 Å². The zero-order chi connectivity index (χ0) is 8.67. The van der Waals surface area contributed by atoms with Gasteiger partial charge in [0.05, 0.1) is 11.2 Å². The second-order valence-corrected chi connectivity index (χ2v) is 3.16. The van der Waals surface area contributed by atoms with Gasteiger partial charge in [0.1, 0.15) is 0 Å². The van der Waals surface area contributed by atoms with Gasteiger partial charge in [-0.05, 0) is 17.7 Å². The molecule has 0 fully saturated rings. The minimum absolute atomic E-state index is 0.927. The Hall–Kier alpha value is -1.70. The summed E-state index contributed by atoms with van der Waals surface area (Å²) in [6.07, 6.45) is 8.88. The van der Waals surface area contributed by atoms with E-state index in [-0.39, 0.29) is 0 Å². The molecule has 0 aliphatic heterocycles. The standard InChI is InChI=1S/C11H8N2/c1-2-8-4-6-12-10-5-7-13-9(3-1)11(8)10/h1-2,4-7H,3H2. The van der Waals surface area contributed by atoms with Crippen LogP contribution in [-0.2, 0) is 6.42 Å². The van der Waals surface area contributed by atoms with E-state index in [1.807, 2.05) is 24.5 Å². The minimum Gasteiger partial charge on any atom is -0.260 e. The Morgan fingerprint density at radius 3 is 3.00 bits per heavy atom. The molecule has 1 aliphatic rings. The maximum atomic E-state index is 4.35. The summed E-state index contributed by atoms with van der Waals surface area (Å²) in [5.41, 5.74) is 3.43. The van der Waals surface area contributed by atoms with Crippen molar-refractivity contribution in [3.8, 4) is 0 Å². The van der Waals surface area contributed by atoms with Gasteiger partial charge in [0.15, 0.2) is 0 Å². The van der Waals surface area contributed by atoms with Gasteiger partial charge < -0.3 is 0 Å². The first-order valence-corrected chi connectivity index (χ1v) is 4.34. The van der Waals surface area contributed by atoms with Gasteiger partial charge in [0, 0.05) is 24.2 Å². The fourth-order valence-corrected chi connectivity index (χ4v) is 1.79. The van der Waals surface area contributed by atoms with Crippen LogP contribution in [-0.4, -0.2) is 9.97 Å². The molecule has 0 saturated carbocycles. The highest BCUT2D eigenvalue weighted by atomic mass is 14.7. The van der Waals surface area contributed by atoms with E-state index < -0.39 is 0 Å². The van der Waals surface area contributed by atoms with Crippen molar-refractivity contribution in [3.63, 3.8) is 0 Å². The summed E-state index contributed by atoms with van der Waals surface area (Å²) in [5.74, 6) is 0. The van der Waals surface area contributed by atoms with Crippen LogP contribution in [0.1, 0.15) is 11.3 Å². The molecule has 0 aromatic carbocycles. The first kappa shape index (κ1) is 6.78. The second-order valence-electron chi connectivity index (χ2n) is 3.16. The van der Waals surface area contributed by atoms with Crippen LogP contribution in [0.25, 0.3) is 17.0 Å². The van der Waals surface area contributed by atoms with Crippen molar-refractivity contribution < 1.29 is 0 Å². The molecule has 2 aromatic heterocycles. The Morgan fingerprint density at radius 2 is 2.00 bits per heavy atom. The quantitative estimate of drug-likeness (QED) is 0.602. The average Bonchev–Trinajstić information content (AvgIpc) is 2.19. The lowest BCUT2D eigenvalue weighted by atomic mass is 10.0. The number of aromatic nitrogens is 2. The smallest absolute Gasteiger partial charge is 0.0741 e. The first-order chi connectivity index (χ1) is 6.45. The van der Waals surface area contributed by atoms with E-state index in [1.165, 1.54) is 10.9 Å². The number of rotatable bonds is 0. The predicted octanol–water partition coefficient (Wildman–Crippen LogP) is 2.20. The summed E-state index contributed by atoms with van der Waals surface area (Å²) in [7, 11) is 0. The van der Waals surface area contributed by atoms with Gasteiger partial charge >= 0.3 is 0 Å². The fraction of sp³-hybridized carbons (Fsp3) is 0.0909. The summed E-state index contributed by atoms with van der Waals surface area (Å²) in [6, 6.07) is 3.99. The van der Waals surface area contributed by atoms with Crippen molar-refractivity contribution in [2.24, 2.45) is 0 Å². The largest absolute Gasteiger partial charge is 0.260 e. The first-order valence-electron chi connectivity index (χ1n) is 4.34. The summed E-state index contributed by atoms with van der Waals surface area (Å²) in [5, 5.41) is 1.22. The third-order valence-corrected chi connectivity index (χ3v) is 2.37. The Balaban J connectivity index is 2.56. The van der Waals surface area contributed by atoms with Gasteiger partial charge in [0.2, 0.25) is 0 Å². The zero-order valence-electron chi connectivity index (χ0n) is 7.07. The summed E-state index contributed by atoms with van der Waals surface area (Å²) >= 11 is 0. The molecule has 2 aromatic rings. The zero-order valence-corrected chi connectivity index (χ0v) is 7.07. The van der Waals surface area contributed by atoms with E-state index in [9.17, 15) is 0 Å². The van der Waals surface area contributed by atoms with Gasteiger partial charge in [-0.3, -0.25) is 9.97 Å². The molecule has 0 amide bonds. The Bertz CT molecular complexity index is 495. The van der Waals surface area contributed by atoms with Gasteiger partial charge in [-0.25, -0.2) is 0 Å². The molecule has 13 heavy (non-hydrogen) atoms. The van der Waals surface area contributed by atoms with Crippen LogP contribution in [0.4, 0.5) is 0 Å². The highest BCUT2D eigenvalue weighted by molar-refractivity contribution is 5.91. The molecule has 3 rings (SSSR count). The SMILES string of the molecule is C1=Cc2ccnc3ccnc(c23)C1. The molecular formula is C11H8N2. The molecule has 62 valence electrons. The maximum absolute atomic E-state index is 4.35. The lowest BCUT2D eigenvalue weighted by molar-refractivity contribution is 1.12. The molecule has 0 atom stereocenters. The number of allylic oxidation sites excluding steroid dienone is 1. The molecule has 0 saturated heterocycles. The fourth-order valence-electron chi connectivity index (χ4n) is 1.79. The van der Waals surface area contributed by atoms with Crippen LogP contribution >= 0.6 is 0 Å². The molecule has 0 N–H and O–H groups in total. The van der Waals surface area contributed by atoms with Crippen LogP contribution in [0.3, 0.4) is 0 Å². The van der Waals surface area contributed by atoms with E-state index in [2.05, 4.69) is 22.1 Å². The van der Waals surface area contributed by atoms with Crippen molar-refractivity contribution in [1.29, 1.82) is 0 Å². The van der Waals surface area contributed by atoms with E-state index in [1.54, 1.807) is 0 Å². The molecule has 2 nitrogen and oxygen atoms in total. The number of nitrogens with zero attached hydrogens (tertiary/aromatic N) is 2. The van der Waals surface area contributed by atoms with Crippen LogP contribution in [0.15, 0.2) is 30.6 Å². The minimum atomic E-state index is 0.927. The van der Waals surface area contributed by atoms with Crippen LogP contribution in [0, 0.1) is 0 Å². The van der Waals surface area contributed by atoms with Crippen molar-refractivity contribution >= 4 is 17.0 Å². The molecule has 2 heteroatoms. The third-order valence-electron chi connectivity index (χ3n) is 2.37. The van der Waals surface area contributed by atoms with Crippen LogP contribution in [0.5, 0.6) is 0 Å². The van der Waals surface area contributed by atoms with Gasteiger partial charge in [-0.15, -0.1) is 0 Å². The van der Waals surface area contributed by atoms with Crippen LogP contribution < -0.4 is 0 Å². The van der Waals surface area contributed by atoms with Crippen molar-refractivity contribution in [2.75, 3.05) is 0 Å². The van der Waals surface area contributed by atoms with E-state index >= 15 is 0 Å². The van der Waals surface area contributed by atoms with Gasteiger partial charge in [-0.2, -0.15) is 0 Å². The van der Waals surface area contributed by atoms with E-state index in [0.717, 1.165) is 17.6 Å². The summed E-state index contributed by atoms with van der Waals surface area (Å²) in [6.45, 7) is 0. The van der Waals surface area contributed by atoms with Gasteiger partial charge in [-0.1, -0.05) is 12.2 Å². The van der Waals surface area contributed by atoms with E-state index in [4.69, 9.17) is 0 Å².